The van der Waals surface area contributed by atoms with Crippen LogP contribution in [0.4, 0.5) is 5.69 Å². The maximum absolute atomic E-state index is 12.4. The fraction of sp³-hybridized carbons (Fsp3) is 0.550. The Labute approximate surface area is 154 Å². The molecule has 0 aromatic heterocycles. The number of hydrogen-bond donors (Lipinski definition) is 2. The van der Waals surface area contributed by atoms with Gasteiger partial charge in [-0.05, 0) is 70.7 Å². The molecule has 2 amide bonds. The van der Waals surface area contributed by atoms with E-state index in [-0.39, 0.29) is 29.2 Å². The number of esters is 1. The van der Waals surface area contributed by atoms with Crippen LogP contribution >= 0.6 is 0 Å². The zero-order chi connectivity index (χ0) is 19.3. The molecule has 0 spiro atoms. The number of carbonyl (C=O) groups excluding carboxylic acids is 3. The Balaban J connectivity index is 1.85. The number of carbonyl (C=O) groups is 3. The molecule has 1 saturated carbocycles. The standard InChI is InChI=1S/C20H28N2O4/c1-20(2,3)22-18(24)14-7-5-13(6-8-14)17(23)21-16-11-9-15(10-12-16)19(25)26-4/h9-14H,5-8H2,1-4H3,(H,21,23)(H,22,24). The smallest absolute Gasteiger partial charge is 0.337 e. The highest BCUT2D eigenvalue weighted by molar-refractivity contribution is 5.94. The Bertz CT molecular complexity index is 653. The van der Waals surface area contributed by atoms with E-state index in [4.69, 9.17) is 0 Å². The molecule has 6 nitrogen and oxygen atoms in total. The molecule has 0 unspecified atom stereocenters. The number of rotatable bonds is 4. The van der Waals surface area contributed by atoms with Gasteiger partial charge in [-0.2, -0.15) is 0 Å². The van der Waals surface area contributed by atoms with Gasteiger partial charge in [-0.25, -0.2) is 4.79 Å². The molecule has 0 saturated heterocycles. The molecule has 0 bridgehead atoms. The maximum Gasteiger partial charge on any atom is 0.337 e. The van der Waals surface area contributed by atoms with Crippen LogP contribution in [0.15, 0.2) is 24.3 Å². The SMILES string of the molecule is COC(=O)c1ccc(NC(=O)C2CCC(C(=O)NC(C)(C)C)CC2)cc1. The molecule has 1 aromatic carbocycles. The third kappa shape index (κ3) is 5.58. The number of nitrogens with one attached hydrogen (secondary N) is 2. The monoisotopic (exact) mass is 360 g/mol. The van der Waals surface area contributed by atoms with Crippen molar-refractivity contribution < 1.29 is 19.1 Å². The molecule has 0 heterocycles. The summed E-state index contributed by atoms with van der Waals surface area (Å²) in [6.45, 7) is 5.90. The lowest BCUT2D eigenvalue weighted by Gasteiger charge is -2.30. The van der Waals surface area contributed by atoms with Crippen molar-refractivity contribution in [1.29, 1.82) is 0 Å². The van der Waals surface area contributed by atoms with Crippen LogP contribution in [0.5, 0.6) is 0 Å². The van der Waals surface area contributed by atoms with Gasteiger partial charge in [0.25, 0.3) is 0 Å². The van der Waals surface area contributed by atoms with Gasteiger partial charge in [0, 0.05) is 23.1 Å². The van der Waals surface area contributed by atoms with E-state index in [9.17, 15) is 14.4 Å². The third-order valence-electron chi connectivity index (χ3n) is 4.54. The first-order chi connectivity index (χ1) is 12.2. The highest BCUT2D eigenvalue weighted by Crippen LogP contribution is 2.30. The van der Waals surface area contributed by atoms with E-state index >= 15 is 0 Å². The molecule has 142 valence electrons. The fourth-order valence-corrected chi connectivity index (χ4v) is 3.14. The van der Waals surface area contributed by atoms with Gasteiger partial charge in [-0.15, -0.1) is 0 Å². The molecule has 6 heteroatoms. The van der Waals surface area contributed by atoms with Crippen LogP contribution in [0.1, 0.15) is 56.8 Å². The van der Waals surface area contributed by atoms with Gasteiger partial charge in [0.15, 0.2) is 0 Å². The number of ether oxygens (including phenoxy) is 1. The molecule has 2 N–H and O–H groups in total. The molecular weight excluding hydrogens is 332 g/mol. The van der Waals surface area contributed by atoms with Crippen molar-refractivity contribution in [2.75, 3.05) is 12.4 Å². The Morgan fingerprint density at radius 3 is 1.88 bits per heavy atom. The Hall–Kier alpha value is -2.37. The van der Waals surface area contributed by atoms with Gasteiger partial charge in [0.05, 0.1) is 12.7 Å². The molecule has 2 rings (SSSR count). The zero-order valence-electron chi connectivity index (χ0n) is 15.9. The van der Waals surface area contributed by atoms with Crippen molar-refractivity contribution in [3.63, 3.8) is 0 Å². The molecule has 0 aliphatic heterocycles. The van der Waals surface area contributed by atoms with Gasteiger partial charge in [-0.3, -0.25) is 9.59 Å². The second-order valence-corrected chi connectivity index (χ2v) is 7.85. The summed E-state index contributed by atoms with van der Waals surface area (Å²) >= 11 is 0. The average Bonchev–Trinajstić information content (AvgIpc) is 2.60. The number of hydrogen-bond acceptors (Lipinski definition) is 4. The van der Waals surface area contributed by atoms with Crippen molar-refractivity contribution in [2.24, 2.45) is 11.8 Å². The van der Waals surface area contributed by atoms with E-state index in [0.717, 1.165) is 12.8 Å². The molecule has 1 aliphatic carbocycles. The fourth-order valence-electron chi connectivity index (χ4n) is 3.14. The Kier molecular flexibility index (Phi) is 6.40. The lowest BCUT2D eigenvalue weighted by atomic mass is 9.81. The van der Waals surface area contributed by atoms with Crippen molar-refractivity contribution >= 4 is 23.5 Å². The first kappa shape index (κ1) is 19.9. The summed E-state index contributed by atoms with van der Waals surface area (Å²) in [5, 5.41) is 5.90. The molecule has 0 radical (unpaired) electrons. The second-order valence-electron chi connectivity index (χ2n) is 7.85. The molecule has 26 heavy (non-hydrogen) atoms. The summed E-state index contributed by atoms with van der Waals surface area (Å²) < 4.78 is 4.65. The number of anilines is 1. The van der Waals surface area contributed by atoms with E-state index in [1.807, 2.05) is 20.8 Å². The van der Waals surface area contributed by atoms with Crippen molar-refractivity contribution in [2.45, 2.75) is 52.0 Å². The minimum atomic E-state index is -0.408. The van der Waals surface area contributed by atoms with Crippen LogP contribution in [-0.2, 0) is 14.3 Å². The van der Waals surface area contributed by atoms with Crippen LogP contribution in [-0.4, -0.2) is 30.4 Å². The van der Waals surface area contributed by atoms with E-state index in [1.165, 1.54) is 7.11 Å². The van der Waals surface area contributed by atoms with Gasteiger partial charge < -0.3 is 15.4 Å². The average molecular weight is 360 g/mol. The van der Waals surface area contributed by atoms with Gasteiger partial charge in [0.1, 0.15) is 0 Å². The van der Waals surface area contributed by atoms with E-state index < -0.39 is 5.97 Å². The number of amides is 2. The van der Waals surface area contributed by atoms with Crippen LogP contribution in [0, 0.1) is 11.8 Å². The Morgan fingerprint density at radius 2 is 1.42 bits per heavy atom. The maximum atomic E-state index is 12.4. The lowest BCUT2D eigenvalue weighted by Crippen LogP contribution is -2.45. The molecular formula is C20H28N2O4. The predicted octanol–water partition coefficient (Wildman–Crippen LogP) is 3.13. The topological polar surface area (TPSA) is 84.5 Å². The summed E-state index contributed by atoms with van der Waals surface area (Å²) in [4.78, 5) is 36.1. The van der Waals surface area contributed by atoms with Crippen LogP contribution in [0.2, 0.25) is 0 Å². The third-order valence-corrected chi connectivity index (χ3v) is 4.54. The quantitative estimate of drug-likeness (QED) is 0.808. The highest BCUT2D eigenvalue weighted by Gasteiger charge is 2.31. The van der Waals surface area contributed by atoms with Gasteiger partial charge >= 0.3 is 5.97 Å². The molecule has 1 fully saturated rings. The highest BCUT2D eigenvalue weighted by atomic mass is 16.5. The van der Waals surface area contributed by atoms with Crippen LogP contribution in [0.3, 0.4) is 0 Å². The van der Waals surface area contributed by atoms with E-state index in [0.29, 0.717) is 24.1 Å². The first-order valence-electron chi connectivity index (χ1n) is 9.01. The first-order valence-corrected chi connectivity index (χ1v) is 9.01. The predicted molar refractivity (Wildman–Crippen MR) is 99.8 cm³/mol. The number of methoxy groups -OCH3 is 1. The zero-order valence-corrected chi connectivity index (χ0v) is 15.9. The van der Waals surface area contributed by atoms with E-state index in [2.05, 4.69) is 15.4 Å². The van der Waals surface area contributed by atoms with Crippen LogP contribution < -0.4 is 10.6 Å². The van der Waals surface area contributed by atoms with Gasteiger partial charge in [-0.1, -0.05) is 0 Å². The molecule has 1 aromatic rings. The van der Waals surface area contributed by atoms with Crippen LogP contribution in [0.25, 0.3) is 0 Å². The molecule has 0 atom stereocenters. The van der Waals surface area contributed by atoms with Gasteiger partial charge in [0.2, 0.25) is 11.8 Å². The minimum absolute atomic E-state index is 0.0161. The number of benzene rings is 1. The lowest BCUT2D eigenvalue weighted by molar-refractivity contribution is -0.129. The normalized spacial score (nSPS) is 20.2. The summed E-state index contributed by atoms with van der Waals surface area (Å²) in [7, 11) is 1.33. The minimum Gasteiger partial charge on any atom is -0.465 e. The largest absolute Gasteiger partial charge is 0.465 e. The second kappa shape index (κ2) is 8.34. The summed E-state index contributed by atoms with van der Waals surface area (Å²) in [6, 6.07) is 6.61. The van der Waals surface area contributed by atoms with Crippen molar-refractivity contribution in [1.82, 2.24) is 5.32 Å². The summed E-state index contributed by atoms with van der Waals surface area (Å²) in [5.74, 6) is -0.471. The Morgan fingerprint density at radius 1 is 0.923 bits per heavy atom. The molecule has 1 aliphatic rings. The van der Waals surface area contributed by atoms with Crippen molar-refractivity contribution in [3.05, 3.63) is 29.8 Å². The summed E-state index contributed by atoms with van der Waals surface area (Å²) in [6.07, 6.45) is 2.85. The van der Waals surface area contributed by atoms with Crippen molar-refractivity contribution in [3.8, 4) is 0 Å². The summed E-state index contributed by atoms with van der Waals surface area (Å²) in [5.41, 5.74) is 0.855. The van der Waals surface area contributed by atoms with E-state index in [1.54, 1.807) is 24.3 Å².